The number of phenols is 1. The molecule has 5 nitrogen and oxygen atoms in total. The first-order valence-corrected chi connectivity index (χ1v) is 5.10. The van der Waals surface area contributed by atoms with Crippen LogP contribution in [-0.2, 0) is 0 Å². The Morgan fingerprint density at radius 1 is 1.18 bits per heavy atom. The maximum Gasteiger partial charge on any atom is 0.247 e. The van der Waals surface area contributed by atoms with Crippen molar-refractivity contribution >= 4 is 11.0 Å². The number of fused-ring (bicyclic) bond motifs is 1. The smallest absolute Gasteiger partial charge is 0.247 e. The van der Waals surface area contributed by atoms with Crippen molar-refractivity contribution in [3.8, 4) is 17.1 Å². The maximum atomic E-state index is 11.0. The summed E-state index contributed by atoms with van der Waals surface area (Å²) in [5.41, 5.74) is 2.16. The number of aromatic nitrogens is 3. The lowest BCUT2D eigenvalue weighted by Crippen LogP contribution is -2.01. The number of aromatic amines is 2. The first kappa shape index (κ1) is 9.65. The monoisotopic (exact) mass is 227 g/mol. The standard InChI is InChI=1S/C12H9N3O2/c16-8-2-3-9-10(5-8)15-12(14-9)7-1-4-11(17)13-6-7/h1-6,16H,(H,13,17)(H,14,15). The van der Waals surface area contributed by atoms with Crippen LogP contribution in [-0.4, -0.2) is 20.1 Å². The number of hydrogen-bond acceptors (Lipinski definition) is 3. The molecule has 2 heterocycles. The lowest BCUT2D eigenvalue weighted by atomic mass is 10.3. The van der Waals surface area contributed by atoms with Gasteiger partial charge in [-0.25, -0.2) is 4.98 Å². The van der Waals surface area contributed by atoms with E-state index < -0.39 is 0 Å². The van der Waals surface area contributed by atoms with Gasteiger partial charge in [-0.15, -0.1) is 0 Å². The quantitative estimate of drug-likeness (QED) is 0.590. The average molecular weight is 227 g/mol. The Balaban J connectivity index is 2.17. The van der Waals surface area contributed by atoms with Crippen molar-refractivity contribution in [3.63, 3.8) is 0 Å². The van der Waals surface area contributed by atoms with Gasteiger partial charge in [-0.2, -0.15) is 0 Å². The maximum absolute atomic E-state index is 11.0. The van der Waals surface area contributed by atoms with E-state index in [4.69, 9.17) is 0 Å². The van der Waals surface area contributed by atoms with E-state index in [1.54, 1.807) is 30.5 Å². The minimum Gasteiger partial charge on any atom is -0.508 e. The van der Waals surface area contributed by atoms with Crippen LogP contribution in [0.3, 0.4) is 0 Å². The number of rotatable bonds is 1. The van der Waals surface area contributed by atoms with E-state index in [1.165, 1.54) is 6.07 Å². The first-order chi connectivity index (χ1) is 8.22. The van der Waals surface area contributed by atoms with Crippen LogP contribution in [0.4, 0.5) is 0 Å². The van der Waals surface area contributed by atoms with Gasteiger partial charge in [-0.1, -0.05) is 0 Å². The second-order valence-electron chi connectivity index (χ2n) is 3.73. The Kier molecular flexibility index (Phi) is 1.98. The summed E-state index contributed by atoms with van der Waals surface area (Å²) in [5.74, 6) is 0.844. The van der Waals surface area contributed by atoms with Crippen molar-refractivity contribution in [2.45, 2.75) is 0 Å². The Morgan fingerprint density at radius 3 is 2.82 bits per heavy atom. The minimum absolute atomic E-state index is 0.150. The summed E-state index contributed by atoms with van der Waals surface area (Å²) >= 11 is 0. The van der Waals surface area contributed by atoms with E-state index in [2.05, 4.69) is 15.0 Å². The molecule has 0 aliphatic carbocycles. The molecular formula is C12H9N3O2. The molecule has 0 amide bonds. The van der Waals surface area contributed by atoms with Crippen LogP contribution < -0.4 is 5.56 Å². The Morgan fingerprint density at radius 2 is 2.06 bits per heavy atom. The molecular weight excluding hydrogens is 218 g/mol. The molecule has 0 saturated heterocycles. The number of H-pyrrole nitrogens is 2. The van der Waals surface area contributed by atoms with Crippen molar-refractivity contribution in [1.82, 2.24) is 15.0 Å². The Labute approximate surface area is 95.8 Å². The van der Waals surface area contributed by atoms with E-state index in [0.717, 1.165) is 16.6 Å². The predicted octanol–water partition coefficient (Wildman–Crippen LogP) is 1.62. The molecule has 17 heavy (non-hydrogen) atoms. The third-order valence-electron chi connectivity index (χ3n) is 2.52. The number of imidazole rings is 1. The fourth-order valence-electron chi connectivity index (χ4n) is 1.69. The van der Waals surface area contributed by atoms with Gasteiger partial charge in [0.1, 0.15) is 11.6 Å². The highest BCUT2D eigenvalue weighted by molar-refractivity contribution is 5.80. The van der Waals surface area contributed by atoms with E-state index in [0.29, 0.717) is 5.82 Å². The van der Waals surface area contributed by atoms with Crippen molar-refractivity contribution in [1.29, 1.82) is 0 Å². The highest BCUT2D eigenvalue weighted by atomic mass is 16.3. The van der Waals surface area contributed by atoms with Crippen LogP contribution >= 0.6 is 0 Å². The number of benzene rings is 1. The fraction of sp³-hybridized carbons (Fsp3) is 0. The largest absolute Gasteiger partial charge is 0.508 e. The highest BCUT2D eigenvalue weighted by Gasteiger charge is 2.05. The molecule has 0 bridgehead atoms. The lowest BCUT2D eigenvalue weighted by molar-refractivity contribution is 0.476. The molecule has 0 radical (unpaired) electrons. The van der Waals surface area contributed by atoms with Crippen LogP contribution in [0.15, 0.2) is 41.3 Å². The molecule has 3 N–H and O–H groups in total. The minimum atomic E-state index is -0.150. The summed E-state index contributed by atoms with van der Waals surface area (Å²) in [6.45, 7) is 0. The SMILES string of the molecule is O=c1ccc(-c2nc3ccc(O)cc3[nH]2)c[nH]1. The van der Waals surface area contributed by atoms with Crippen molar-refractivity contribution in [3.05, 3.63) is 46.9 Å². The summed E-state index contributed by atoms with van der Waals surface area (Å²) < 4.78 is 0. The second-order valence-corrected chi connectivity index (χ2v) is 3.73. The normalized spacial score (nSPS) is 10.8. The van der Waals surface area contributed by atoms with Gasteiger partial charge < -0.3 is 15.1 Å². The molecule has 0 atom stereocenters. The Hall–Kier alpha value is -2.56. The van der Waals surface area contributed by atoms with Gasteiger partial charge >= 0.3 is 0 Å². The van der Waals surface area contributed by atoms with Crippen molar-refractivity contribution in [2.24, 2.45) is 0 Å². The summed E-state index contributed by atoms with van der Waals surface area (Å²) in [5, 5.41) is 9.35. The molecule has 0 spiro atoms. The third-order valence-corrected chi connectivity index (χ3v) is 2.52. The fourth-order valence-corrected chi connectivity index (χ4v) is 1.69. The van der Waals surface area contributed by atoms with Crippen LogP contribution in [0.25, 0.3) is 22.4 Å². The van der Waals surface area contributed by atoms with Crippen LogP contribution in [0.1, 0.15) is 0 Å². The first-order valence-electron chi connectivity index (χ1n) is 5.10. The van der Waals surface area contributed by atoms with Gasteiger partial charge in [0.2, 0.25) is 5.56 Å². The Bertz CT molecular complexity index is 722. The zero-order chi connectivity index (χ0) is 11.8. The highest BCUT2D eigenvalue weighted by Crippen LogP contribution is 2.22. The molecule has 0 unspecified atom stereocenters. The van der Waals surface area contributed by atoms with Gasteiger partial charge in [0.05, 0.1) is 11.0 Å². The molecule has 3 aromatic rings. The zero-order valence-electron chi connectivity index (χ0n) is 8.77. The van der Waals surface area contributed by atoms with Gasteiger partial charge in [-0.05, 0) is 18.2 Å². The van der Waals surface area contributed by atoms with E-state index in [1.807, 2.05) is 0 Å². The molecule has 1 aromatic carbocycles. The van der Waals surface area contributed by atoms with Crippen molar-refractivity contribution < 1.29 is 5.11 Å². The van der Waals surface area contributed by atoms with Crippen LogP contribution in [0.2, 0.25) is 0 Å². The van der Waals surface area contributed by atoms with Gasteiger partial charge in [0.25, 0.3) is 0 Å². The number of nitrogens with one attached hydrogen (secondary N) is 2. The second kappa shape index (κ2) is 3.48. The molecule has 3 rings (SSSR count). The van der Waals surface area contributed by atoms with Crippen LogP contribution in [0, 0.1) is 0 Å². The van der Waals surface area contributed by atoms with Crippen LogP contribution in [0.5, 0.6) is 5.75 Å². The molecule has 0 fully saturated rings. The predicted molar refractivity (Wildman–Crippen MR) is 63.8 cm³/mol. The third kappa shape index (κ3) is 1.67. The van der Waals surface area contributed by atoms with Gasteiger partial charge in [-0.3, -0.25) is 4.79 Å². The topological polar surface area (TPSA) is 81.8 Å². The summed E-state index contributed by atoms with van der Waals surface area (Å²) in [6, 6.07) is 8.06. The number of hydrogen-bond donors (Lipinski definition) is 3. The van der Waals surface area contributed by atoms with E-state index in [9.17, 15) is 9.90 Å². The number of nitrogens with zero attached hydrogens (tertiary/aromatic N) is 1. The van der Waals surface area contributed by atoms with Crippen molar-refractivity contribution in [2.75, 3.05) is 0 Å². The molecule has 2 aromatic heterocycles. The summed E-state index contributed by atoms with van der Waals surface area (Å²) in [4.78, 5) is 21.0. The molecule has 0 saturated carbocycles. The molecule has 0 aliphatic rings. The lowest BCUT2D eigenvalue weighted by Gasteiger charge is -1.93. The van der Waals surface area contributed by atoms with E-state index in [-0.39, 0.29) is 11.3 Å². The number of pyridine rings is 1. The molecule has 0 aliphatic heterocycles. The average Bonchev–Trinajstić information content (AvgIpc) is 2.72. The number of phenolic OH excluding ortho intramolecular Hbond substituents is 1. The number of aromatic hydroxyl groups is 1. The zero-order valence-corrected chi connectivity index (χ0v) is 8.77. The summed E-state index contributed by atoms with van der Waals surface area (Å²) in [6.07, 6.45) is 1.60. The molecule has 84 valence electrons. The van der Waals surface area contributed by atoms with E-state index >= 15 is 0 Å². The molecule has 5 heteroatoms. The van der Waals surface area contributed by atoms with Gasteiger partial charge in [0, 0.05) is 23.9 Å². The summed E-state index contributed by atoms with van der Waals surface area (Å²) in [7, 11) is 0. The van der Waals surface area contributed by atoms with Gasteiger partial charge in [0.15, 0.2) is 0 Å².